The lowest BCUT2D eigenvalue weighted by Crippen LogP contribution is -2.42. The second-order valence-corrected chi connectivity index (χ2v) is 9.39. The zero-order valence-corrected chi connectivity index (χ0v) is 20.4. The molecule has 0 fully saturated rings. The fourth-order valence-electron chi connectivity index (χ4n) is 3.77. The first-order chi connectivity index (χ1) is 17.7. The lowest BCUT2D eigenvalue weighted by molar-refractivity contribution is 0.117. The molecule has 11 heteroatoms. The quantitative estimate of drug-likeness (QED) is 0.289. The number of benzene rings is 3. The molecule has 0 spiro atoms. The summed E-state index contributed by atoms with van der Waals surface area (Å²) in [5, 5.41) is 0. The van der Waals surface area contributed by atoms with E-state index in [9.17, 15) is 27.4 Å². The van der Waals surface area contributed by atoms with E-state index in [4.69, 9.17) is 4.74 Å². The van der Waals surface area contributed by atoms with Crippen LogP contribution in [-0.2, 0) is 27.8 Å². The van der Waals surface area contributed by atoms with Gasteiger partial charge in [0.15, 0.2) is 0 Å². The van der Waals surface area contributed by atoms with Crippen molar-refractivity contribution in [3.05, 3.63) is 122 Å². The van der Waals surface area contributed by atoms with E-state index in [1.807, 2.05) is 6.07 Å². The van der Waals surface area contributed by atoms with Gasteiger partial charge in [0.2, 0.25) is 5.88 Å². The van der Waals surface area contributed by atoms with E-state index >= 15 is 0 Å². The van der Waals surface area contributed by atoms with Crippen molar-refractivity contribution in [2.24, 2.45) is 0 Å². The summed E-state index contributed by atoms with van der Waals surface area (Å²) in [6.07, 6.45) is -1.25. The minimum absolute atomic E-state index is 0.0200. The average Bonchev–Trinajstić information content (AvgIpc) is 2.89. The summed E-state index contributed by atoms with van der Waals surface area (Å²) in [5.41, 5.74) is -0.0104. The summed E-state index contributed by atoms with van der Waals surface area (Å²) in [4.78, 5) is 39.2. The van der Waals surface area contributed by atoms with Gasteiger partial charge in [-0.05, 0) is 35.4 Å². The van der Waals surface area contributed by atoms with Crippen molar-refractivity contribution >= 4 is 16.3 Å². The summed E-state index contributed by atoms with van der Waals surface area (Å²) in [6.45, 7) is -0.0200. The van der Waals surface area contributed by atoms with Crippen LogP contribution in [-0.4, -0.2) is 35.4 Å². The third-order valence-electron chi connectivity index (χ3n) is 5.53. The van der Waals surface area contributed by atoms with E-state index in [-0.39, 0.29) is 29.3 Å². The van der Waals surface area contributed by atoms with Crippen LogP contribution in [0.2, 0.25) is 0 Å². The first kappa shape index (κ1) is 25.6. The number of ether oxygens (including phenoxy) is 2. The number of hydrogen-bond donors (Lipinski definition) is 1. The molecule has 0 amide bonds. The van der Waals surface area contributed by atoms with Crippen LogP contribution < -0.4 is 16.0 Å². The minimum atomic E-state index is -4.41. The van der Waals surface area contributed by atoms with Crippen molar-refractivity contribution in [2.75, 3.05) is 7.11 Å². The molecule has 3 aromatic carbocycles. The summed E-state index contributed by atoms with van der Waals surface area (Å²) in [6, 6.07) is 22.4. The zero-order valence-electron chi connectivity index (χ0n) is 19.6. The number of rotatable bonds is 7. The monoisotopic (exact) mass is 522 g/mol. The van der Waals surface area contributed by atoms with Gasteiger partial charge in [-0.15, -0.1) is 0 Å². The van der Waals surface area contributed by atoms with E-state index in [1.165, 1.54) is 28.8 Å². The number of hydrogen-bond acceptors (Lipinski definition) is 7. The molecule has 37 heavy (non-hydrogen) atoms. The highest BCUT2D eigenvalue weighted by molar-refractivity contribution is 7.85. The Hall–Kier alpha value is -4.48. The summed E-state index contributed by atoms with van der Waals surface area (Å²) in [7, 11) is -3.32. The van der Waals surface area contributed by atoms with Gasteiger partial charge in [0.1, 0.15) is 0 Å². The number of nitrogens with zero attached hydrogens (tertiary/aromatic N) is 2. The van der Waals surface area contributed by atoms with Gasteiger partial charge in [0.25, 0.3) is 15.7 Å². The van der Waals surface area contributed by atoms with Crippen LogP contribution in [0.1, 0.15) is 16.7 Å². The second-order valence-electron chi connectivity index (χ2n) is 7.97. The van der Waals surface area contributed by atoms with Crippen LogP contribution in [0.3, 0.4) is 0 Å². The van der Waals surface area contributed by atoms with Gasteiger partial charge < -0.3 is 9.47 Å². The fraction of sp³-hybridized carbons (Fsp3) is 0.115. The first-order valence-corrected chi connectivity index (χ1v) is 12.4. The Labute approximate surface area is 211 Å². The minimum Gasteiger partial charge on any atom is -0.437 e. The normalized spacial score (nSPS) is 11.2. The molecule has 0 bridgehead atoms. The Balaban J connectivity index is 1.97. The molecule has 1 heterocycles. The maximum Gasteiger partial charge on any atom is 0.514 e. The lowest BCUT2D eigenvalue weighted by Gasteiger charge is -2.19. The molecular weight excluding hydrogens is 500 g/mol. The van der Waals surface area contributed by atoms with Gasteiger partial charge in [-0.2, -0.15) is 8.42 Å². The summed E-state index contributed by atoms with van der Waals surface area (Å²) in [5.74, 6) is -0.295. The average molecular weight is 523 g/mol. The highest BCUT2D eigenvalue weighted by atomic mass is 32.2. The van der Waals surface area contributed by atoms with Crippen molar-refractivity contribution in [3.8, 4) is 11.6 Å². The van der Waals surface area contributed by atoms with Crippen LogP contribution >= 0.6 is 0 Å². The van der Waals surface area contributed by atoms with E-state index in [2.05, 4.69) is 4.74 Å². The third kappa shape index (κ3) is 5.68. The molecule has 10 nitrogen and oxygen atoms in total. The van der Waals surface area contributed by atoms with Gasteiger partial charge >= 0.3 is 11.8 Å². The predicted molar refractivity (Wildman–Crippen MR) is 134 cm³/mol. The highest BCUT2D eigenvalue weighted by Crippen LogP contribution is 2.21. The zero-order chi connectivity index (χ0) is 26.6. The molecule has 0 atom stereocenters. The second kappa shape index (κ2) is 10.6. The summed E-state index contributed by atoms with van der Waals surface area (Å²) >= 11 is 0. The Morgan fingerprint density at radius 1 is 0.865 bits per heavy atom. The van der Waals surface area contributed by atoms with Crippen molar-refractivity contribution in [1.29, 1.82) is 0 Å². The molecule has 0 saturated heterocycles. The molecule has 4 rings (SSSR count). The third-order valence-corrected chi connectivity index (χ3v) is 6.40. The molecule has 0 saturated carbocycles. The largest absolute Gasteiger partial charge is 0.514 e. The molecule has 0 aliphatic carbocycles. The van der Waals surface area contributed by atoms with Crippen LogP contribution in [0.5, 0.6) is 5.88 Å². The maximum atomic E-state index is 13.7. The first-order valence-electron chi connectivity index (χ1n) is 11.0. The van der Waals surface area contributed by atoms with E-state index in [1.54, 1.807) is 54.6 Å². The van der Waals surface area contributed by atoms with Crippen LogP contribution in [0.4, 0.5) is 4.79 Å². The molecule has 4 aromatic rings. The van der Waals surface area contributed by atoms with Gasteiger partial charge in [0.05, 0.1) is 29.8 Å². The highest BCUT2D eigenvalue weighted by Gasteiger charge is 2.24. The van der Waals surface area contributed by atoms with E-state index in [0.29, 0.717) is 16.8 Å². The fourth-order valence-corrected chi connectivity index (χ4v) is 4.25. The number of methoxy groups -OCH3 is 1. The summed E-state index contributed by atoms with van der Waals surface area (Å²) < 4.78 is 44.2. The predicted octanol–water partition coefficient (Wildman–Crippen LogP) is 3.03. The van der Waals surface area contributed by atoms with Gasteiger partial charge in [0, 0.05) is 6.42 Å². The topological polar surface area (TPSA) is 134 Å². The van der Waals surface area contributed by atoms with E-state index < -0.39 is 27.5 Å². The van der Waals surface area contributed by atoms with Crippen molar-refractivity contribution in [3.63, 3.8) is 0 Å². The number of para-hydroxylation sites is 1. The molecule has 0 aliphatic rings. The standard InChI is InChI=1S/C26H22N2O8S/c1-35-26(31)36-24-22(16-18-12-14-21(15-13-18)37(32,33)34)23(29)28(20-10-6-3-7-11-20)25(30)27(24)17-19-8-4-2-5-9-19/h2-15H,16-17H2,1H3,(H,32,33,34). The molecule has 1 N–H and O–H groups in total. The van der Waals surface area contributed by atoms with Gasteiger partial charge in [-0.3, -0.25) is 13.9 Å². The number of carbonyl (C=O) groups is 1. The van der Waals surface area contributed by atoms with Crippen molar-refractivity contribution in [1.82, 2.24) is 9.13 Å². The molecule has 0 unspecified atom stereocenters. The van der Waals surface area contributed by atoms with Crippen LogP contribution in [0.25, 0.3) is 5.69 Å². The Kier molecular flexibility index (Phi) is 7.37. The van der Waals surface area contributed by atoms with Crippen LogP contribution in [0.15, 0.2) is 99.4 Å². The number of aromatic nitrogens is 2. The van der Waals surface area contributed by atoms with Gasteiger partial charge in [-0.25, -0.2) is 14.2 Å². The SMILES string of the molecule is COC(=O)Oc1c(Cc2ccc(S(=O)(=O)O)cc2)c(=O)n(-c2ccccc2)c(=O)n1Cc1ccccc1. The molecular formula is C26H22N2O8S. The Morgan fingerprint density at radius 3 is 2.03 bits per heavy atom. The smallest absolute Gasteiger partial charge is 0.437 e. The maximum absolute atomic E-state index is 13.7. The van der Waals surface area contributed by atoms with Gasteiger partial charge in [-0.1, -0.05) is 60.7 Å². The lowest BCUT2D eigenvalue weighted by atomic mass is 10.1. The molecule has 0 aliphatic heterocycles. The van der Waals surface area contributed by atoms with Crippen molar-refractivity contribution < 1.29 is 27.2 Å². The molecule has 1 aromatic heterocycles. The van der Waals surface area contributed by atoms with Crippen molar-refractivity contribution in [2.45, 2.75) is 17.9 Å². The molecule has 190 valence electrons. The van der Waals surface area contributed by atoms with Crippen LogP contribution in [0, 0.1) is 0 Å². The van der Waals surface area contributed by atoms with E-state index in [0.717, 1.165) is 11.7 Å². The Bertz CT molecular complexity index is 1640. The number of carbonyl (C=O) groups excluding carboxylic acids is 1. The molecule has 0 radical (unpaired) electrons. The Morgan fingerprint density at radius 2 is 1.46 bits per heavy atom.